The van der Waals surface area contributed by atoms with Gasteiger partial charge in [-0.3, -0.25) is 0 Å². The lowest BCUT2D eigenvalue weighted by molar-refractivity contribution is 0.259. The Morgan fingerprint density at radius 1 is 0.778 bits per heavy atom. The van der Waals surface area contributed by atoms with Crippen LogP contribution in [0.25, 0.3) is 0 Å². The van der Waals surface area contributed by atoms with E-state index < -0.39 is 0 Å². The van der Waals surface area contributed by atoms with Crippen LogP contribution in [0, 0.1) is 17.8 Å². The number of rotatable bonds is 6. The highest BCUT2D eigenvalue weighted by atomic mass is 14.9. The highest BCUT2D eigenvalue weighted by Gasteiger charge is 2.19. The Labute approximate surface area is 114 Å². The monoisotopic (exact) mass is 251 g/mol. The maximum absolute atomic E-state index is 3.74. The molecule has 0 aromatic heterocycles. The molecule has 2 rings (SSSR count). The van der Waals surface area contributed by atoms with E-state index in [0.717, 1.165) is 17.8 Å². The molecule has 18 heavy (non-hydrogen) atoms. The average Bonchev–Trinajstić information content (AvgIpc) is 2.45. The van der Waals surface area contributed by atoms with Crippen molar-refractivity contribution in [2.45, 2.75) is 77.6 Å². The van der Waals surface area contributed by atoms with Crippen LogP contribution in [0.1, 0.15) is 77.6 Å². The summed E-state index contributed by atoms with van der Waals surface area (Å²) in [5, 5.41) is 3.74. The van der Waals surface area contributed by atoms with Crippen LogP contribution in [0.5, 0.6) is 0 Å². The van der Waals surface area contributed by atoms with Crippen molar-refractivity contribution in [3.05, 3.63) is 0 Å². The van der Waals surface area contributed by atoms with E-state index in [0.29, 0.717) is 0 Å². The molecule has 1 nitrogen and oxygen atoms in total. The first-order chi connectivity index (χ1) is 8.88. The van der Waals surface area contributed by atoms with E-state index in [2.05, 4.69) is 12.2 Å². The molecular weight excluding hydrogens is 218 g/mol. The predicted octanol–water partition coefficient (Wildman–Crippen LogP) is 4.76. The average molecular weight is 251 g/mol. The number of hydrogen-bond donors (Lipinski definition) is 1. The third-order valence-corrected chi connectivity index (χ3v) is 5.43. The Morgan fingerprint density at radius 2 is 1.44 bits per heavy atom. The third kappa shape index (κ3) is 4.91. The molecule has 2 aliphatic carbocycles. The van der Waals surface area contributed by atoms with E-state index in [9.17, 15) is 0 Å². The maximum atomic E-state index is 3.74. The summed E-state index contributed by atoms with van der Waals surface area (Å²) in [4.78, 5) is 0. The van der Waals surface area contributed by atoms with Gasteiger partial charge < -0.3 is 5.32 Å². The fourth-order valence-electron chi connectivity index (χ4n) is 3.93. The largest absolute Gasteiger partial charge is 0.316 e. The molecule has 0 heterocycles. The van der Waals surface area contributed by atoms with Gasteiger partial charge in [0, 0.05) is 0 Å². The molecule has 0 saturated heterocycles. The predicted molar refractivity (Wildman–Crippen MR) is 79.8 cm³/mol. The lowest BCUT2D eigenvalue weighted by Gasteiger charge is -2.28. The normalized spacial score (nSPS) is 30.5. The molecule has 0 aromatic carbocycles. The van der Waals surface area contributed by atoms with Gasteiger partial charge in [0.2, 0.25) is 0 Å². The van der Waals surface area contributed by atoms with E-state index in [1.54, 1.807) is 0 Å². The van der Waals surface area contributed by atoms with Crippen molar-refractivity contribution in [1.82, 2.24) is 5.32 Å². The summed E-state index contributed by atoms with van der Waals surface area (Å²) >= 11 is 0. The highest BCUT2D eigenvalue weighted by Crippen LogP contribution is 2.30. The van der Waals surface area contributed by atoms with Crippen molar-refractivity contribution in [3.8, 4) is 0 Å². The smallest absolute Gasteiger partial charge is 0.00205 e. The van der Waals surface area contributed by atoms with Gasteiger partial charge in [0.25, 0.3) is 0 Å². The van der Waals surface area contributed by atoms with Gasteiger partial charge in [-0.1, -0.05) is 58.3 Å². The van der Waals surface area contributed by atoms with Crippen molar-refractivity contribution in [1.29, 1.82) is 0 Å². The first-order valence-electron chi connectivity index (χ1n) is 8.59. The first kappa shape index (κ1) is 14.4. The number of hydrogen-bond acceptors (Lipinski definition) is 1. The van der Waals surface area contributed by atoms with Crippen molar-refractivity contribution < 1.29 is 0 Å². The molecule has 0 amide bonds. The molecule has 0 bridgehead atoms. The van der Waals surface area contributed by atoms with Crippen molar-refractivity contribution >= 4 is 0 Å². The zero-order chi connectivity index (χ0) is 12.6. The van der Waals surface area contributed by atoms with Crippen molar-refractivity contribution in [3.63, 3.8) is 0 Å². The van der Waals surface area contributed by atoms with Gasteiger partial charge >= 0.3 is 0 Å². The van der Waals surface area contributed by atoms with E-state index in [1.165, 1.54) is 83.7 Å². The zero-order valence-electron chi connectivity index (χ0n) is 12.4. The van der Waals surface area contributed by atoms with Crippen LogP contribution in [0.4, 0.5) is 0 Å². The molecule has 0 atom stereocenters. The lowest BCUT2D eigenvalue weighted by Crippen LogP contribution is -2.28. The second-order valence-electron chi connectivity index (χ2n) is 6.79. The Hall–Kier alpha value is -0.0400. The van der Waals surface area contributed by atoms with E-state index in [4.69, 9.17) is 0 Å². The Kier molecular flexibility index (Phi) is 6.54. The fraction of sp³-hybridized carbons (Fsp3) is 1.00. The van der Waals surface area contributed by atoms with E-state index in [1.807, 2.05) is 0 Å². The molecule has 2 aliphatic rings. The minimum absolute atomic E-state index is 0.985. The van der Waals surface area contributed by atoms with Crippen LogP contribution in [0.3, 0.4) is 0 Å². The zero-order valence-corrected chi connectivity index (χ0v) is 12.4. The molecule has 0 aliphatic heterocycles. The standard InChI is InChI=1S/C17H33N/c1-2-15-8-10-17(11-9-15)14-18-13-12-16-6-4-3-5-7-16/h15-18H,2-14H2,1H3. The molecule has 0 spiro atoms. The second kappa shape index (κ2) is 8.19. The topological polar surface area (TPSA) is 12.0 Å². The Balaban J connectivity index is 1.48. The molecule has 1 N–H and O–H groups in total. The van der Waals surface area contributed by atoms with Crippen LogP contribution in [0.15, 0.2) is 0 Å². The van der Waals surface area contributed by atoms with Crippen molar-refractivity contribution in [2.24, 2.45) is 17.8 Å². The van der Waals surface area contributed by atoms with Crippen LogP contribution in [-0.2, 0) is 0 Å². The Morgan fingerprint density at radius 3 is 2.11 bits per heavy atom. The van der Waals surface area contributed by atoms with Crippen molar-refractivity contribution in [2.75, 3.05) is 13.1 Å². The van der Waals surface area contributed by atoms with Gasteiger partial charge in [-0.25, -0.2) is 0 Å². The minimum Gasteiger partial charge on any atom is -0.316 e. The summed E-state index contributed by atoms with van der Waals surface area (Å²) in [5.74, 6) is 3.07. The molecule has 1 heteroatoms. The molecule has 2 saturated carbocycles. The lowest BCUT2D eigenvalue weighted by atomic mass is 9.81. The number of nitrogens with one attached hydrogen (secondary N) is 1. The highest BCUT2D eigenvalue weighted by molar-refractivity contribution is 4.74. The van der Waals surface area contributed by atoms with Crippen LogP contribution >= 0.6 is 0 Å². The van der Waals surface area contributed by atoms with Gasteiger partial charge in [0.05, 0.1) is 0 Å². The fourth-order valence-corrected chi connectivity index (χ4v) is 3.93. The molecular formula is C17H33N. The summed E-state index contributed by atoms with van der Waals surface area (Å²) in [6.45, 7) is 4.93. The van der Waals surface area contributed by atoms with Crippen LogP contribution in [-0.4, -0.2) is 13.1 Å². The molecule has 2 fully saturated rings. The summed E-state index contributed by atoms with van der Waals surface area (Å²) in [7, 11) is 0. The second-order valence-corrected chi connectivity index (χ2v) is 6.79. The van der Waals surface area contributed by atoms with Gasteiger partial charge in [0.15, 0.2) is 0 Å². The Bertz CT molecular complexity index is 200. The van der Waals surface area contributed by atoms with Gasteiger partial charge in [-0.2, -0.15) is 0 Å². The van der Waals surface area contributed by atoms with Gasteiger partial charge in [-0.15, -0.1) is 0 Å². The van der Waals surface area contributed by atoms with Crippen LogP contribution in [0.2, 0.25) is 0 Å². The summed E-state index contributed by atoms with van der Waals surface area (Å²) in [6, 6.07) is 0. The summed E-state index contributed by atoms with van der Waals surface area (Å²) in [6.07, 6.45) is 16.3. The minimum atomic E-state index is 0.985. The van der Waals surface area contributed by atoms with Gasteiger partial charge in [-0.05, 0) is 50.1 Å². The molecule has 0 aromatic rings. The first-order valence-corrected chi connectivity index (χ1v) is 8.59. The van der Waals surface area contributed by atoms with Gasteiger partial charge in [0.1, 0.15) is 0 Å². The third-order valence-electron chi connectivity index (χ3n) is 5.43. The van der Waals surface area contributed by atoms with E-state index >= 15 is 0 Å². The maximum Gasteiger partial charge on any atom is -0.00205 e. The SMILES string of the molecule is CCC1CCC(CNCCC2CCCCC2)CC1. The quantitative estimate of drug-likeness (QED) is 0.671. The summed E-state index contributed by atoms with van der Waals surface area (Å²) in [5.41, 5.74) is 0. The van der Waals surface area contributed by atoms with Crippen LogP contribution < -0.4 is 5.32 Å². The molecule has 106 valence electrons. The molecule has 0 unspecified atom stereocenters. The van der Waals surface area contributed by atoms with E-state index in [-0.39, 0.29) is 0 Å². The molecule has 0 radical (unpaired) electrons. The summed E-state index contributed by atoms with van der Waals surface area (Å²) < 4.78 is 0.